The minimum absolute atomic E-state index is 0.00574. The molecule has 0 unspecified atom stereocenters. The molecule has 0 atom stereocenters. The number of Topliss-reactive ketones (excluding diaryl/α,β-unsaturated/α-hetero) is 1. The van der Waals surface area contributed by atoms with Gasteiger partial charge in [0.2, 0.25) is 0 Å². The Morgan fingerprint density at radius 2 is 1.64 bits per heavy atom. The molecule has 0 aromatic heterocycles. The first kappa shape index (κ1) is 19.4. The van der Waals surface area contributed by atoms with Crippen LogP contribution < -0.4 is 5.32 Å². The largest absolute Gasteiger partial charge is 0.324 e. The van der Waals surface area contributed by atoms with Crippen molar-refractivity contribution in [3.05, 3.63) is 65.7 Å². The maximum Gasteiger partial charge on any atom is 0.321 e. The molecule has 2 fully saturated rings. The van der Waals surface area contributed by atoms with Crippen molar-refractivity contribution in [1.82, 2.24) is 4.90 Å². The van der Waals surface area contributed by atoms with Crippen molar-refractivity contribution >= 4 is 41.0 Å². The van der Waals surface area contributed by atoms with Gasteiger partial charge in [-0.05, 0) is 30.5 Å². The zero-order valence-electron chi connectivity index (χ0n) is 15.7. The van der Waals surface area contributed by atoms with E-state index in [-0.39, 0.29) is 17.7 Å². The number of hydrogen-bond donors (Lipinski definition) is 1. The second kappa shape index (κ2) is 9.05. The molecule has 6 heteroatoms. The first-order valence-corrected chi connectivity index (χ1v) is 11.8. The van der Waals surface area contributed by atoms with Crippen LogP contribution in [0.2, 0.25) is 0 Å². The van der Waals surface area contributed by atoms with Crippen LogP contribution in [0.25, 0.3) is 0 Å². The third-order valence-corrected chi connectivity index (χ3v) is 8.35. The van der Waals surface area contributed by atoms with E-state index < -0.39 is 0 Å². The van der Waals surface area contributed by atoms with Crippen LogP contribution in [-0.4, -0.2) is 41.3 Å². The van der Waals surface area contributed by atoms with Crippen LogP contribution in [0.4, 0.5) is 10.5 Å². The highest BCUT2D eigenvalue weighted by Gasteiger charge is 2.28. The number of benzene rings is 2. The zero-order chi connectivity index (χ0) is 19.3. The lowest BCUT2D eigenvalue weighted by Crippen LogP contribution is -2.42. The van der Waals surface area contributed by atoms with Crippen LogP contribution >= 0.6 is 23.5 Å². The fourth-order valence-corrected chi connectivity index (χ4v) is 6.54. The number of anilines is 1. The lowest BCUT2D eigenvalue weighted by Gasteiger charge is -2.31. The van der Waals surface area contributed by atoms with Crippen LogP contribution in [0.3, 0.4) is 0 Å². The number of piperidine rings is 1. The van der Waals surface area contributed by atoms with Crippen LogP contribution in [0.1, 0.15) is 33.3 Å². The van der Waals surface area contributed by atoms with E-state index in [9.17, 15) is 9.59 Å². The number of likely N-dealkylation sites (tertiary alicyclic amines) is 1. The molecule has 2 heterocycles. The van der Waals surface area contributed by atoms with Gasteiger partial charge in [0, 0.05) is 41.8 Å². The van der Waals surface area contributed by atoms with Gasteiger partial charge in [0.05, 0.1) is 4.58 Å². The number of ketones is 1. The summed E-state index contributed by atoms with van der Waals surface area (Å²) in [6.45, 7) is 1.23. The van der Waals surface area contributed by atoms with Crippen molar-refractivity contribution in [2.24, 2.45) is 5.92 Å². The summed E-state index contributed by atoms with van der Waals surface area (Å²) in [4.78, 5) is 27.1. The van der Waals surface area contributed by atoms with E-state index in [2.05, 4.69) is 17.4 Å². The highest BCUT2D eigenvalue weighted by Crippen LogP contribution is 2.45. The molecule has 2 amide bonds. The summed E-state index contributed by atoms with van der Waals surface area (Å²) >= 11 is 3.92. The molecule has 4 rings (SSSR count). The summed E-state index contributed by atoms with van der Waals surface area (Å²) in [5, 5.41) is 3.03. The van der Waals surface area contributed by atoms with Gasteiger partial charge in [-0.1, -0.05) is 42.5 Å². The Hall–Kier alpha value is -1.92. The molecule has 0 bridgehead atoms. The van der Waals surface area contributed by atoms with Crippen molar-refractivity contribution < 1.29 is 9.59 Å². The lowest BCUT2D eigenvalue weighted by molar-refractivity contribution is 0.0859. The van der Waals surface area contributed by atoms with Gasteiger partial charge in [0.25, 0.3) is 0 Å². The number of urea groups is 1. The monoisotopic (exact) mass is 412 g/mol. The number of nitrogens with zero attached hydrogens (tertiary/aromatic N) is 1. The molecular weight excluding hydrogens is 388 g/mol. The maximum atomic E-state index is 12.7. The van der Waals surface area contributed by atoms with Crippen molar-refractivity contribution in [1.29, 1.82) is 0 Å². The van der Waals surface area contributed by atoms with Gasteiger partial charge in [0.1, 0.15) is 0 Å². The van der Waals surface area contributed by atoms with E-state index in [0.717, 1.165) is 24.1 Å². The lowest BCUT2D eigenvalue weighted by atomic mass is 9.89. The molecule has 2 aromatic rings. The van der Waals surface area contributed by atoms with E-state index in [1.54, 1.807) is 0 Å². The Labute approximate surface area is 174 Å². The van der Waals surface area contributed by atoms with E-state index in [4.69, 9.17) is 0 Å². The van der Waals surface area contributed by atoms with E-state index in [1.165, 1.54) is 17.1 Å². The average Bonchev–Trinajstić information content (AvgIpc) is 3.29. The van der Waals surface area contributed by atoms with Gasteiger partial charge in [-0.2, -0.15) is 0 Å². The molecule has 28 heavy (non-hydrogen) atoms. The van der Waals surface area contributed by atoms with Gasteiger partial charge in [0.15, 0.2) is 5.78 Å². The molecule has 0 spiro atoms. The molecule has 146 valence electrons. The van der Waals surface area contributed by atoms with Crippen LogP contribution in [0.15, 0.2) is 54.6 Å². The third kappa shape index (κ3) is 4.55. The Balaban J connectivity index is 1.32. The van der Waals surface area contributed by atoms with Gasteiger partial charge >= 0.3 is 6.03 Å². The number of carbonyl (C=O) groups is 2. The number of nitrogens with one attached hydrogen (secondary N) is 1. The number of amides is 2. The van der Waals surface area contributed by atoms with Crippen LogP contribution in [-0.2, 0) is 0 Å². The molecule has 0 radical (unpaired) electrons. The molecule has 0 aliphatic carbocycles. The van der Waals surface area contributed by atoms with Gasteiger partial charge in [-0.3, -0.25) is 4.79 Å². The highest BCUT2D eigenvalue weighted by atomic mass is 32.2. The topological polar surface area (TPSA) is 49.4 Å². The Bertz CT molecular complexity index is 829. The van der Waals surface area contributed by atoms with Crippen LogP contribution in [0, 0.1) is 5.92 Å². The molecule has 2 saturated heterocycles. The standard InChI is InChI=1S/C22H24N2O2S2/c25-20(16-5-2-1-3-6-16)17-9-11-24(12-10-17)22(26)23-19-8-4-7-18(15-19)21-27-13-14-28-21/h1-8,15,17,21H,9-14H2,(H,23,26). The molecule has 2 aromatic carbocycles. The minimum atomic E-state index is -0.0745. The third-order valence-electron chi connectivity index (χ3n) is 5.24. The number of rotatable bonds is 4. The highest BCUT2D eigenvalue weighted by molar-refractivity contribution is 8.19. The van der Waals surface area contributed by atoms with Crippen molar-refractivity contribution in [3.63, 3.8) is 0 Å². The van der Waals surface area contributed by atoms with E-state index in [0.29, 0.717) is 17.7 Å². The summed E-state index contributed by atoms with van der Waals surface area (Å²) < 4.78 is 0.469. The molecule has 1 N–H and O–H groups in total. The maximum absolute atomic E-state index is 12.7. The molecule has 0 saturated carbocycles. The number of carbonyl (C=O) groups excluding carboxylic acids is 2. The fraction of sp³-hybridized carbons (Fsp3) is 0.364. The zero-order valence-corrected chi connectivity index (χ0v) is 17.3. The second-order valence-corrected chi connectivity index (χ2v) is 9.85. The Kier molecular flexibility index (Phi) is 6.27. The van der Waals surface area contributed by atoms with Crippen molar-refractivity contribution in [2.75, 3.05) is 29.9 Å². The average molecular weight is 413 g/mol. The smallest absolute Gasteiger partial charge is 0.321 e. The van der Waals surface area contributed by atoms with Gasteiger partial charge in [-0.15, -0.1) is 23.5 Å². The summed E-state index contributed by atoms with van der Waals surface area (Å²) in [7, 11) is 0. The predicted molar refractivity (Wildman–Crippen MR) is 118 cm³/mol. The van der Waals surface area contributed by atoms with Crippen molar-refractivity contribution in [2.45, 2.75) is 17.4 Å². The molecule has 2 aliphatic heterocycles. The predicted octanol–water partition coefficient (Wildman–Crippen LogP) is 5.29. The normalized spacial score (nSPS) is 18.2. The fourth-order valence-electron chi connectivity index (χ4n) is 3.70. The van der Waals surface area contributed by atoms with E-state index >= 15 is 0 Å². The molecular formula is C22H24N2O2S2. The summed E-state index contributed by atoms with van der Waals surface area (Å²) in [5.41, 5.74) is 2.88. The van der Waals surface area contributed by atoms with E-state index in [1.807, 2.05) is 70.9 Å². The molecule has 4 nitrogen and oxygen atoms in total. The van der Waals surface area contributed by atoms with Gasteiger partial charge < -0.3 is 10.2 Å². The second-order valence-electron chi connectivity index (χ2n) is 7.12. The summed E-state index contributed by atoms with van der Waals surface area (Å²) in [6, 6.07) is 17.5. The first-order chi connectivity index (χ1) is 13.7. The Morgan fingerprint density at radius 1 is 0.929 bits per heavy atom. The van der Waals surface area contributed by atoms with Crippen molar-refractivity contribution in [3.8, 4) is 0 Å². The summed E-state index contributed by atoms with van der Waals surface area (Å²) in [6.07, 6.45) is 1.44. The molecule has 2 aliphatic rings. The quantitative estimate of drug-likeness (QED) is 0.693. The Morgan fingerprint density at radius 3 is 2.36 bits per heavy atom. The summed E-state index contributed by atoms with van der Waals surface area (Å²) in [5.74, 6) is 2.57. The van der Waals surface area contributed by atoms with Gasteiger partial charge in [-0.25, -0.2) is 4.79 Å². The van der Waals surface area contributed by atoms with Crippen LogP contribution in [0.5, 0.6) is 0 Å². The number of thioether (sulfide) groups is 2. The minimum Gasteiger partial charge on any atom is -0.324 e. The number of hydrogen-bond acceptors (Lipinski definition) is 4. The first-order valence-electron chi connectivity index (χ1n) is 9.69. The SMILES string of the molecule is O=C(c1ccccc1)C1CCN(C(=O)Nc2cccc(C3SCCS3)c2)CC1.